The molecule has 0 saturated carbocycles. The first-order valence-electron chi connectivity index (χ1n) is 12.4. The molecule has 2 amide bonds. The van der Waals surface area contributed by atoms with Gasteiger partial charge in [0, 0.05) is 12.6 Å². The molecule has 1 N–H and O–H groups in total. The van der Waals surface area contributed by atoms with Crippen molar-refractivity contribution < 1.29 is 22.7 Å². The van der Waals surface area contributed by atoms with E-state index in [1.165, 1.54) is 4.90 Å². The lowest BCUT2D eigenvalue weighted by Crippen LogP contribution is -2.52. The van der Waals surface area contributed by atoms with Gasteiger partial charge in [-0.25, -0.2) is 8.42 Å². The number of anilines is 1. The second-order valence-electron chi connectivity index (χ2n) is 9.38. The minimum absolute atomic E-state index is 0.103. The third kappa shape index (κ3) is 8.34. The minimum Gasteiger partial charge on any atom is -0.489 e. The smallest absolute Gasteiger partial charge is 0.244 e. The highest BCUT2D eigenvalue weighted by Gasteiger charge is 2.30. The molecule has 38 heavy (non-hydrogen) atoms. The number of carbonyl (C=O) groups is 2. The van der Waals surface area contributed by atoms with Crippen LogP contribution in [0, 0.1) is 0 Å². The molecule has 0 radical (unpaired) electrons. The molecule has 0 aliphatic rings. The molecule has 1 atom stereocenters. The van der Waals surface area contributed by atoms with Gasteiger partial charge in [-0.15, -0.1) is 0 Å². The van der Waals surface area contributed by atoms with Crippen LogP contribution in [0.2, 0.25) is 0 Å². The van der Waals surface area contributed by atoms with Gasteiger partial charge in [0.25, 0.3) is 0 Å². The molecule has 0 aliphatic carbocycles. The molecular weight excluding hydrogens is 502 g/mol. The van der Waals surface area contributed by atoms with Crippen LogP contribution in [0.1, 0.15) is 31.9 Å². The molecule has 0 aliphatic heterocycles. The second-order valence-corrected chi connectivity index (χ2v) is 11.3. The zero-order valence-corrected chi connectivity index (χ0v) is 23.0. The summed E-state index contributed by atoms with van der Waals surface area (Å²) in [6.07, 6.45) is 1.05. The SMILES string of the molecule is CC(C)NC(=O)[C@H](C)N(Cc1ccccc1)C(=O)CN(c1ccc(OCc2ccccc2)cc1)S(C)(=O)=O. The summed E-state index contributed by atoms with van der Waals surface area (Å²) in [5.41, 5.74) is 2.16. The molecule has 3 aromatic carbocycles. The maximum atomic E-state index is 13.6. The normalized spacial score (nSPS) is 12.0. The zero-order chi connectivity index (χ0) is 27.7. The van der Waals surface area contributed by atoms with Gasteiger partial charge in [0.1, 0.15) is 24.9 Å². The summed E-state index contributed by atoms with van der Waals surface area (Å²) < 4.78 is 32.3. The van der Waals surface area contributed by atoms with E-state index >= 15 is 0 Å². The fourth-order valence-electron chi connectivity index (χ4n) is 3.83. The number of hydrogen-bond acceptors (Lipinski definition) is 5. The van der Waals surface area contributed by atoms with Gasteiger partial charge in [-0.05, 0) is 56.2 Å². The van der Waals surface area contributed by atoms with E-state index in [4.69, 9.17) is 4.74 Å². The van der Waals surface area contributed by atoms with Crippen LogP contribution in [0.25, 0.3) is 0 Å². The Labute approximate surface area is 225 Å². The van der Waals surface area contributed by atoms with E-state index in [1.807, 2.05) is 74.5 Å². The van der Waals surface area contributed by atoms with Crippen LogP contribution in [0.4, 0.5) is 5.69 Å². The van der Waals surface area contributed by atoms with Crippen molar-refractivity contribution in [1.29, 1.82) is 0 Å². The first-order chi connectivity index (χ1) is 18.0. The lowest BCUT2D eigenvalue weighted by molar-refractivity contribution is -0.139. The molecule has 0 heterocycles. The number of ether oxygens (including phenoxy) is 1. The largest absolute Gasteiger partial charge is 0.489 e. The van der Waals surface area contributed by atoms with E-state index in [0.717, 1.165) is 21.7 Å². The van der Waals surface area contributed by atoms with Crippen LogP contribution >= 0.6 is 0 Å². The standard InChI is InChI=1S/C29H35N3O5S/c1-22(2)30-29(34)23(3)31(19-24-11-7-5-8-12-24)28(33)20-32(38(4,35)36)26-15-17-27(18-16-26)37-21-25-13-9-6-10-14-25/h5-18,22-23H,19-21H2,1-4H3,(H,30,34)/t23-/m0/s1. The third-order valence-corrected chi connectivity index (χ3v) is 6.99. The third-order valence-electron chi connectivity index (χ3n) is 5.85. The van der Waals surface area contributed by atoms with Gasteiger partial charge in [0.2, 0.25) is 21.8 Å². The summed E-state index contributed by atoms with van der Waals surface area (Å²) in [6.45, 7) is 5.41. The van der Waals surface area contributed by atoms with Crippen molar-refractivity contribution >= 4 is 27.5 Å². The highest BCUT2D eigenvalue weighted by Crippen LogP contribution is 2.23. The summed E-state index contributed by atoms with van der Waals surface area (Å²) in [6, 6.07) is 24.6. The molecule has 0 bridgehead atoms. The fourth-order valence-corrected chi connectivity index (χ4v) is 4.68. The quantitative estimate of drug-likeness (QED) is 0.377. The average molecular weight is 538 g/mol. The van der Waals surface area contributed by atoms with Gasteiger partial charge in [-0.2, -0.15) is 0 Å². The van der Waals surface area contributed by atoms with Crippen molar-refractivity contribution in [3.05, 3.63) is 96.1 Å². The van der Waals surface area contributed by atoms with Crippen molar-refractivity contribution in [1.82, 2.24) is 10.2 Å². The Morgan fingerprint density at radius 1 is 0.842 bits per heavy atom. The molecule has 3 aromatic rings. The first kappa shape index (κ1) is 28.7. The van der Waals surface area contributed by atoms with Crippen LogP contribution in [-0.2, 0) is 32.8 Å². The molecular formula is C29H35N3O5S. The van der Waals surface area contributed by atoms with E-state index in [-0.39, 0.29) is 18.5 Å². The predicted octanol–water partition coefficient (Wildman–Crippen LogP) is 3.97. The van der Waals surface area contributed by atoms with E-state index in [2.05, 4.69) is 5.32 Å². The Morgan fingerprint density at radius 2 is 1.39 bits per heavy atom. The maximum Gasteiger partial charge on any atom is 0.244 e. The predicted molar refractivity (Wildman–Crippen MR) is 149 cm³/mol. The molecule has 0 spiro atoms. The summed E-state index contributed by atoms with van der Waals surface area (Å²) in [5, 5.41) is 2.83. The van der Waals surface area contributed by atoms with Crippen molar-refractivity contribution in [2.45, 2.75) is 46.0 Å². The van der Waals surface area contributed by atoms with Crippen molar-refractivity contribution in [2.75, 3.05) is 17.1 Å². The first-order valence-corrected chi connectivity index (χ1v) is 14.3. The van der Waals surface area contributed by atoms with Crippen molar-refractivity contribution in [3.8, 4) is 5.75 Å². The van der Waals surface area contributed by atoms with Gasteiger partial charge in [0.05, 0.1) is 11.9 Å². The molecule has 0 unspecified atom stereocenters. The number of nitrogens with one attached hydrogen (secondary N) is 1. The highest BCUT2D eigenvalue weighted by atomic mass is 32.2. The molecule has 0 aromatic heterocycles. The van der Waals surface area contributed by atoms with Gasteiger partial charge < -0.3 is 15.0 Å². The van der Waals surface area contributed by atoms with Crippen LogP contribution in [0.3, 0.4) is 0 Å². The lowest BCUT2D eigenvalue weighted by Gasteiger charge is -2.32. The summed E-state index contributed by atoms with van der Waals surface area (Å²) in [4.78, 5) is 27.7. The van der Waals surface area contributed by atoms with Crippen LogP contribution < -0.4 is 14.4 Å². The minimum atomic E-state index is -3.81. The maximum absolute atomic E-state index is 13.6. The van der Waals surface area contributed by atoms with Gasteiger partial charge in [-0.1, -0.05) is 60.7 Å². The van der Waals surface area contributed by atoms with Crippen LogP contribution in [-0.4, -0.2) is 50.0 Å². The fraction of sp³-hybridized carbons (Fsp3) is 0.310. The Hall–Kier alpha value is -3.85. The monoisotopic (exact) mass is 537 g/mol. The van der Waals surface area contributed by atoms with Gasteiger partial charge in [-0.3, -0.25) is 13.9 Å². The molecule has 202 valence electrons. The number of hydrogen-bond donors (Lipinski definition) is 1. The average Bonchev–Trinajstić information content (AvgIpc) is 2.89. The number of carbonyl (C=O) groups excluding carboxylic acids is 2. The Balaban J connectivity index is 1.80. The summed E-state index contributed by atoms with van der Waals surface area (Å²) in [7, 11) is -3.81. The second kappa shape index (κ2) is 13.1. The zero-order valence-electron chi connectivity index (χ0n) is 22.2. The molecule has 0 saturated heterocycles. The van der Waals surface area contributed by atoms with Crippen molar-refractivity contribution in [3.63, 3.8) is 0 Å². The van der Waals surface area contributed by atoms with E-state index in [9.17, 15) is 18.0 Å². The van der Waals surface area contributed by atoms with E-state index in [0.29, 0.717) is 18.0 Å². The Bertz CT molecular complexity index is 1300. The summed E-state index contributed by atoms with van der Waals surface area (Å²) >= 11 is 0. The molecule has 3 rings (SSSR count). The number of rotatable bonds is 12. The van der Waals surface area contributed by atoms with E-state index < -0.39 is 28.5 Å². The highest BCUT2D eigenvalue weighted by molar-refractivity contribution is 7.92. The van der Waals surface area contributed by atoms with Gasteiger partial charge >= 0.3 is 0 Å². The number of benzene rings is 3. The Morgan fingerprint density at radius 3 is 1.92 bits per heavy atom. The van der Waals surface area contributed by atoms with Crippen LogP contribution in [0.15, 0.2) is 84.9 Å². The number of amides is 2. The molecule has 9 heteroatoms. The van der Waals surface area contributed by atoms with Crippen molar-refractivity contribution in [2.24, 2.45) is 0 Å². The number of sulfonamides is 1. The molecule has 0 fully saturated rings. The summed E-state index contributed by atoms with van der Waals surface area (Å²) in [5.74, 6) is -0.229. The Kier molecular flexibility index (Phi) is 9.90. The van der Waals surface area contributed by atoms with Crippen LogP contribution in [0.5, 0.6) is 5.75 Å². The molecule has 8 nitrogen and oxygen atoms in total. The van der Waals surface area contributed by atoms with Gasteiger partial charge in [0.15, 0.2) is 0 Å². The van der Waals surface area contributed by atoms with E-state index in [1.54, 1.807) is 31.2 Å². The lowest BCUT2D eigenvalue weighted by atomic mass is 10.1. The topological polar surface area (TPSA) is 96.0 Å². The number of nitrogens with zero attached hydrogens (tertiary/aromatic N) is 2.